The van der Waals surface area contributed by atoms with Crippen LogP contribution in [0.1, 0.15) is 10.4 Å². The summed E-state index contributed by atoms with van der Waals surface area (Å²) < 4.78 is 25.9. The van der Waals surface area contributed by atoms with E-state index in [4.69, 9.17) is 0 Å². The second-order valence-corrected chi connectivity index (χ2v) is 9.18. The molecule has 11 heteroatoms. The number of rotatable bonds is 4. The van der Waals surface area contributed by atoms with E-state index in [1.807, 2.05) is 0 Å². The number of nitrogens with zero attached hydrogens (tertiary/aromatic N) is 5. The van der Waals surface area contributed by atoms with Crippen LogP contribution in [0.4, 0.5) is 11.1 Å². The van der Waals surface area contributed by atoms with Gasteiger partial charge in [-0.25, -0.2) is 23.4 Å². The van der Waals surface area contributed by atoms with Crippen LogP contribution in [0, 0.1) is 0 Å². The molecule has 0 saturated carbocycles. The summed E-state index contributed by atoms with van der Waals surface area (Å²) in [6.07, 6.45) is 4.49. The van der Waals surface area contributed by atoms with Gasteiger partial charge in [-0.3, -0.25) is 9.52 Å². The van der Waals surface area contributed by atoms with Gasteiger partial charge in [-0.2, -0.15) is 0 Å². The number of aromatic nitrogens is 3. The van der Waals surface area contributed by atoms with Crippen molar-refractivity contribution in [3.63, 3.8) is 0 Å². The van der Waals surface area contributed by atoms with Crippen LogP contribution < -0.4 is 9.62 Å². The molecule has 1 aliphatic rings. The number of hydrogen-bond acceptors (Lipinski definition) is 8. The Morgan fingerprint density at radius 1 is 1.14 bits per heavy atom. The summed E-state index contributed by atoms with van der Waals surface area (Å²) in [7, 11) is -3.39. The van der Waals surface area contributed by atoms with Gasteiger partial charge in [0.1, 0.15) is 0 Å². The molecule has 0 atom stereocenters. The van der Waals surface area contributed by atoms with Crippen molar-refractivity contribution in [1.29, 1.82) is 0 Å². The minimum atomic E-state index is -3.39. The van der Waals surface area contributed by atoms with Crippen LogP contribution in [0.25, 0.3) is 10.2 Å². The van der Waals surface area contributed by atoms with E-state index in [-0.39, 0.29) is 5.91 Å². The Hall–Kier alpha value is -2.79. The first kappa shape index (κ1) is 18.6. The Morgan fingerprint density at radius 3 is 2.54 bits per heavy atom. The van der Waals surface area contributed by atoms with Crippen LogP contribution in [-0.2, 0) is 10.0 Å². The summed E-state index contributed by atoms with van der Waals surface area (Å²) in [5, 5.41) is 0.290. The zero-order chi connectivity index (χ0) is 19.7. The number of amides is 1. The number of fused-ring (bicyclic) bond motifs is 1. The lowest BCUT2D eigenvalue weighted by Crippen LogP contribution is -2.49. The normalized spacial score (nSPS) is 15.0. The van der Waals surface area contributed by atoms with E-state index in [1.165, 1.54) is 11.3 Å². The van der Waals surface area contributed by atoms with E-state index >= 15 is 0 Å². The lowest BCUT2D eigenvalue weighted by molar-refractivity contribution is 0.0746. The summed E-state index contributed by atoms with van der Waals surface area (Å²) in [5.74, 6) is 0.619. The number of anilines is 2. The fourth-order valence-electron chi connectivity index (χ4n) is 3.01. The topological polar surface area (TPSA) is 108 Å². The molecule has 1 fully saturated rings. The molecule has 1 aromatic carbocycles. The van der Waals surface area contributed by atoms with Crippen LogP contribution in [0.5, 0.6) is 0 Å². The molecule has 4 rings (SSSR count). The van der Waals surface area contributed by atoms with Gasteiger partial charge in [0.05, 0.1) is 16.5 Å². The van der Waals surface area contributed by atoms with E-state index in [2.05, 4.69) is 24.6 Å². The van der Waals surface area contributed by atoms with Crippen LogP contribution in [-0.4, -0.2) is 66.6 Å². The number of piperazine rings is 1. The Morgan fingerprint density at radius 2 is 1.86 bits per heavy atom. The molecular weight excluding hydrogens is 400 g/mol. The number of nitrogens with one attached hydrogen (secondary N) is 1. The highest BCUT2D eigenvalue weighted by Gasteiger charge is 2.23. The van der Waals surface area contributed by atoms with Gasteiger partial charge in [0.25, 0.3) is 5.91 Å². The van der Waals surface area contributed by atoms with E-state index < -0.39 is 10.0 Å². The molecule has 146 valence electrons. The van der Waals surface area contributed by atoms with Crippen molar-refractivity contribution < 1.29 is 13.2 Å². The van der Waals surface area contributed by atoms with Gasteiger partial charge in [-0.15, -0.1) is 0 Å². The fourth-order valence-corrected chi connectivity index (χ4v) is 4.75. The first-order valence-electron chi connectivity index (χ1n) is 8.59. The van der Waals surface area contributed by atoms with Crippen molar-refractivity contribution in [3.8, 4) is 0 Å². The predicted octanol–water partition coefficient (Wildman–Crippen LogP) is 1.42. The average molecular weight is 419 g/mol. The molecule has 0 unspecified atom stereocenters. The van der Waals surface area contributed by atoms with Crippen LogP contribution in [0.2, 0.25) is 0 Å². The maximum absolute atomic E-state index is 12.9. The summed E-state index contributed by atoms with van der Waals surface area (Å²) >= 11 is 1.20. The van der Waals surface area contributed by atoms with Gasteiger partial charge < -0.3 is 9.80 Å². The van der Waals surface area contributed by atoms with E-state index in [0.717, 1.165) is 11.0 Å². The zero-order valence-corrected chi connectivity index (χ0v) is 16.7. The van der Waals surface area contributed by atoms with Gasteiger partial charge in [0.15, 0.2) is 5.13 Å². The lowest BCUT2D eigenvalue weighted by Gasteiger charge is -2.34. The molecule has 0 bridgehead atoms. The highest BCUT2D eigenvalue weighted by Crippen LogP contribution is 2.28. The molecule has 1 N–H and O–H groups in total. The summed E-state index contributed by atoms with van der Waals surface area (Å²) in [5.41, 5.74) is 1.21. The lowest BCUT2D eigenvalue weighted by atomic mass is 10.1. The second kappa shape index (κ2) is 7.32. The third-order valence-electron chi connectivity index (χ3n) is 4.31. The van der Waals surface area contributed by atoms with E-state index in [0.29, 0.717) is 48.3 Å². The van der Waals surface area contributed by atoms with Gasteiger partial charge >= 0.3 is 0 Å². The SMILES string of the molecule is CS(=O)(=O)Nc1nc2ccc(C(=O)N3CCN(c4ncccn4)CC3)cc2s1. The molecule has 1 saturated heterocycles. The minimum absolute atomic E-state index is 0.0541. The van der Waals surface area contributed by atoms with Crippen molar-refractivity contribution in [2.75, 3.05) is 42.1 Å². The van der Waals surface area contributed by atoms with Gasteiger partial charge in [-0.05, 0) is 24.3 Å². The standard InChI is InChI=1S/C17H18N6O3S2/c1-28(25,26)21-17-20-13-4-3-12(11-14(13)27-17)15(24)22-7-9-23(10-8-22)16-18-5-2-6-19-16/h2-6,11H,7-10H2,1H3,(H,20,21). The Balaban J connectivity index is 1.47. The van der Waals surface area contributed by atoms with E-state index in [1.54, 1.807) is 41.6 Å². The zero-order valence-electron chi connectivity index (χ0n) is 15.1. The highest BCUT2D eigenvalue weighted by molar-refractivity contribution is 7.92. The molecular formula is C17H18N6O3S2. The monoisotopic (exact) mass is 418 g/mol. The van der Waals surface area contributed by atoms with Crippen molar-refractivity contribution in [2.24, 2.45) is 0 Å². The number of carbonyl (C=O) groups excluding carboxylic acids is 1. The maximum Gasteiger partial charge on any atom is 0.254 e. The molecule has 0 spiro atoms. The van der Waals surface area contributed by atoms with Gasteiger partial charge in [0.2, 0.25) is 16.0 Å². The number of hydrogen-bond donors (Lipinski definition) is 1. The number of carbonyl (C=O) groups is 1. The van der Waals surface area contributed by atoms with Gasteiger partial charge in [-0.1, -0.05) is 11.3 Å². The quantitative estimate of drug-likeness (QED) is 0.682. The van der Waals surface area contributed by atoms with Crippen LogP contribution in [0.3, 0.4) is 0 Å². The van der Waals surface area contributed by atoms with Crippen molar-refractivity contribution in [2.45, 2.75) is 0 Å². The Labute approximate surface area is 166 Å². The molecule has 0 radical (unpaired) electrons. The first-order chi connectivity index (χ1) is 13.4. The van der Waals surface area contributed by atoms with Crippen LogP contribution >= 0.6 is 11.3 Å². The van der Waals surface area contributed by atoms with Gasteiger partial charge in [0, 0.05) is 44.1 Å². The van der Waals surface area contributed by atoms with Crippen molar-refractivity contribution >= 4 is 48.6 Å². The molecule has 3 heterocycles. The molecule has 28 heavy (non-hydrogen) atoms. The maximum atomic E-state index is 12.9. The summed E-state index contributed by atoms with van der Waals surface area (Å²) in [4.78, 5) is 29.5. The number of thiazole rings is 1. The predicted molar refractivity (Wildman–Crippen MR) is 108 cm³/mol. The highest BCUT2D eigenvalue weighted by atomic mass is 32.2. The third-order valence-corrected chi connectivity index (χ3v) is 5.94. The minimum Gasteiger partial charge on any atom is -0.337 e. The van der Waals surface area contributed by atoms with Crippen molar-refractivity contribution in [1.82, 2.24) is 19.9 Å². The first-order valence-corrected chi connectivity index (χ1v) is 11.3. The smallest absolute Gasteiger partial charge is 0.254 e. The fraction of sp³-hybridized carbons (Fsp3) is 0.294. The average Bonchev–Trinajstić information content (AvgIpc) is 3.07. The van der Waals surface area contributed by atoms with Crippen LogP contribution in [0.15, 0.2) is 36.7 Å². The van der Waals surface area contributed by atoms with Crippen molar-refractivity contribution in [3.05, 3.63) is 42.2 Å². The third kappa shape index (κ3) is 4.04. The molecule has 3 aromatic rings. The number of benzene rings is 1. The summed E-state index contributed by atoms with van der Waals surface area (Å²) in [6.45, 7) is 2.50. The largest absolute Gasteiger partial charge is 0.337 e. The molecule has 1 aliphatic heterocycles. The molecule has 2 aromatic heterocycles. The summed E-state index contributed by atoms with van der Waals surface area (Å²) in [6, 6.07) is 6.99. The molecule has 9 nitrogen and oxygen atoms in total. The second-order valence-electron chi connectivity index (χ2n) is 6.40. The Kier molecular flexibility index (Phi) is 4.85. The molecule has 1 amide bonds. The number of sulfonamides is 1. The Bertz CT molecular complexity index is 1110. The molecule has 0 aliphatic carbocycles. The van der Waals surface area contributed by atoms with E-state index in [9.17, 15) is 13.2 Å².